The van der Waals surface area contributed by atoms with Crippen LogP contribution in [0.3, 0.4) is 0 Å². The van der Waals surface area contributed by atoms with Gasteiger partial charge >= 0.3 is 0 Å². The fourth-order valence-corrected chi connectivity index (χ4v) is 1.39. The van der Waals surface area contributed by atoms with Gasteiger partial charge in [-0.25, -0.2) is 0 Å². The maximum atomic E-state index is 10.9. The second kappa shape index (κ2) is 5.63. The molecule has 0 saturated heterocycles. The minimum atomic E-state index is -0.359. The van der Waals surface area contributed by atoms with Crippen LogP contribution >= 0.6 is 0 Å². The molecule has 1 atom stereocenters. The predicted octanol–water partition coefficient (Wildman–Crippen LogP) is 2.27. The van der Waals surface area contributed by atoms with Crippen LogP contribution in [0.5, 0.6) is 0 Å². The maximum Gasteiger partial charge on any atom is 0.292 e. The number of hydrogen-bond donors (Lipinski definition) is 1. The van der Waals surface area contributed by atoms with Gasteiger partial charge in [0.1, 0.15) is 5.69 Å². The first-order valence-corrected chi connectivity index (χ1v) is 5.57. The third kappa shape index (κ3) is 3.71. The summed E-state index contributed by atoms with van der Waals surface area (Å²) in [5.41, 5.74) is 1.72. The summed E-state index contributed by atoms with van der Waals surface area (Å²) in [6, 6.07) is 5.41. The number of rotatable bonds is 5. The van der Waals surface area contributed by atoms with Gasteiger partial charge in [0.15, 0.2) is 0 Å². The Morgan fingerprint density at radius 3 is 2.65 bits per heavy atom. The lowest BCUT2D eigenvalue weighted by molar-refractivity contribution is -0.384. The normalized spacial score (nSPS) is 12.5. The summed E-state index contributed by atoms with van der Waals surface area (Å²) in [6.45, 7) is 4.66. The molecular formula is C12H19N3O2. The first-order chi connectivity index (χ1) is 7.91. The van der Waals surface area contributed by atoms with Crippen molar-refractivity contribution in [1.82, 2.24) is 4.90 Å². The summed E-state index contributed by atoms with van der Waals surface area (Å²) >= 11 is 0. The van der Waals surface area contributed by atoms with Crippen molar-refractivity contribution in [3.05, 3.63) is 33.9 Å². The summed E-state index contributed by atoms with van der Waals surface area (Å²) in [7, 11) is 3.97. The molecule has 0 radical (unpaired) electrons. The predicted molar refractivity (Wildman–Crippen MR) is 69.5 cm³/mol. The van der Waals surface area contributed by atoms with Gasteiger partial charge in [0.25, 0.3) is 5.69 Å². The van der Waals surface area contributed by atoms with Crippen LogP contribution in [-0.4, -0.2) is 36.5 Å². The van der Waals surface area contributed by atoms with Gasteiger partial charge in [-0.05, 0) is 39.6 Å². The molecule has 0 aliphatic rings. The number of nitrogens with one attached hydrogen (secondary N) is 1. The Labute approximate surface area is 102 Å². The molecule has 1 aromatic carbocycles. The number of likely N-dealkylation sites (N-methyl/N-ethyl adjacent to an activating group) is 1. The number of benzene rings is 1. The van der Waals surface area contributed by atoms with Crippen LogP contribution in [0.15, 0.2) is 18.2 Å². The van der Waals surface area contributed by atoms with Crippen molar-refractivity contribution in [3.8, 4) is 0 Å². The van der Waals surface area contributed by atoms with Crippen LogP contribution in [-0.2, 0) is 0 Å². The van der Waals surface area contributed by atoms with Crippen LogP contribution in [0.4, 0.5) is 11.4 Å². The van der Waals surface area contributed by atoms with Crippen LogP contribution < -0.4 is 5.32 Å². The van der Waals surface area contributed by atoms with Gasteiger partial charge < -0.3 is 10.2 Å². The van der Waals surface area contributed by atoms with E-state index in [1.165, 1.54) is 6.07 Å². The van der Waals surface area contributed by atoms with E-state index in [1.807, 2.05) is 21.0 Å². The molecule has 0 heterocycles. The Morgan fingerprint density at radius 2 is 2.12 bits per heavy atom. The molecule has 17 heavy (non-hydrogen) atoms. The zero-order valence-electron chi connectivity index (χ0n) is 10.7. The third-order valence-corrected chi connectivity index (χ3v) is 2.82. The first-order valence-electron chi connectivity index (χ1n) is 5.57. The summed E-state index contributed by atoms with van der Waals surface area (Å²) in [5.74, 6) is 0. The average Bonchev–Trinajstić information content (AvgIpc) is 2.25. The molecule has 0 aliphatic heterocycles. The molecule has 0 aromatic heterocycles. The smallest absolute Gasteiger partial charge is 0.292 e. The quantitative estimate of drug-likeness (QED) is 0.630. The summed E-state index contributed by atoms with van der Waals surface area (Å²) in [4.78, 5) is 12.6. The highest BCUT2D eigenvalue weighted by molar-refractivity contribution is 5.62. The first kappa shape index (κ1) is 13.4. The van der Waals surface area contributed by atoms with E-state index in [0.29, 0.717) is 18.3 Å². The molecule has 5 nitrogen and oxygen atoms in total. The van der Waals surface area contributed by atoms with E-state index < -0.39 is 0 Å². The molecule has 94 valence electrons. The van der Waals surface area contributed by atoms with Gasteiger partial charge in [0.2, 0.25) is 0 Å². The van der Waals surface area contributed by atoms with Gasteiger partial charge in [0.05, 0.1) is 4.92 Å². The van der Waals surface area contributed by atoms with Crippen molar-refractivity contribution in [2.45, 2.75) is 19.9 Å². The molecule has 1 N–H and O–H groups in total. The van der Waals surface area contributed by atoms with Gasteiger partial charge in [-0.2, -0.15) is 0 Å². The lowest BCUT2D eigenvalue weighted by atomic mass is 10.2. The van der Waals surface area contributed by atoms with Crippen LogP contribution in [0.2, 0.25) is 0 Å². The number of nitrogens with zero attached hydrogens (tertiary/aromatic N) is 2. The molecule has 0 amide bonds. The Kier molecular flexibility index (Phi) is 4.45. The lowest BCUT2D eigenvalue weighted by Gasteiger charge is -2.20. The Balaban J connectivity index is 2.82. The topological polar surface area (TPSA) is 58.4 Å². The molecule has 0 bridgehead atoms. The summed E-state index contributed by atoms with van der Waals surface area (Å²) in [5, 5.41) is 14.0. The van der Waals surface area contributed by atoms with Crippen LogP contribution in [0.25, 0.3) is 0 Å². The number of nitro benzene ring substituents is 1. The fraction of sp³-hybridized carbons (Fsp3) is 0.500. The van der Waals surface area contributed by atoms with Crippen molar-refractivity contribution in [2.75, 3.05) is 26.0 Å². The lowest BCUT2D eigenvalue weighted by Crippen LogP contribution is -2.31. The number of nitro groups is 1. The van der Waals surface area contributed by atoms with E-state index in [-0.39, 0.29) is 10.6 Å². The monoisotopic (exact) mass is 237 g/mol. The highest BCUT2D eigenvalue weighted by atomic mass is 16.6. The van der Waals surface area contributed by atoms with Crippen LogP contribution in [0, 0.1) is 17.0 Å². The minimum Gasteiger partial charge on any atom is -0.378 e. The molecule has 1 unspecified atom stereocenters. The minimum absolute atomic E-state index is 0.126. The Morgan fingerprint density at radius 1 is 1.47 bits per heavy atom. The zero-order valence-corrected chi connectivity index (χ0v) is 10.7. The van der Waals surface area contributed by atoms with E-state index in [0.717, 1.165) is 5.56 Å². The van der Waals surface area contributed by atoms with Crippen molar-refractivity contribution >= 4 is 11.4 Å². The molecule has 5 heteroatoms. The molecule has 0 fully saturated rings. The number of hydrogen-bond acceptors (Lipinski definition) is 4. The average molecular weight is 237 g/mol. The number of anilines is 1. The van der Waals surface area contributed by atoms with Crippen molar-refractivity contribution in [2.24, 2.45) is 0 Å². The maximum absolute atomic E-state index is 10.9. The van der Waals surface area contributed by atoms with Crippen molar-refractivity contribution in [1.29, 1.82) is 0 Å². The fourth-order valence-electron chi connectivity index (χ4n) is 1.39. The van der Waals surface area contributed by atoms with E-state index in [1.54, 1.807) is 12.1 Å². The molecule has 0 saturated carbocycles. The van der Waals surface area contributed by atoms with Crippen molar-refractivity contribution in [3.63, 3.8) is 0 Å². The Hall–Kier alpha value is -1.62. The van der Waals surface area contributed by atoms with Gasteiger partial charge in [0, 0.05) is 18.7 Å². The van der Waals surface area contributed by atoms with Gasteiger partial charge in [-0.1, -0.05) is 6.07 Å². The second-order valence-corrected chi connectivity index (χ2v) is 4.47. The second-order valence-electron chi connectivity index (χ2n) is 4.47. The summed E-state index contributed by atoms with van der Waals surface area (Å²) < 4.78 is 0. The molecule has 0 aliphatic carbocycles. The van der Waals surface area contributed by atoms with E-state index in [9.17, 15) is 10.1 Å². The zero-order chi connectivity index (χ0) is 13.0. The van der Waals surface area contributed by atoms with Gasteiger partial charge in [-0.15, -0.1) is 0 Å². The van der Waals surface area contributed by atoms with E-state index in [2.05, 4.69) is 17.1 Å². The highest BCUT2D eigenvalue weighted by Gasteiger charge is 2.14. The largest absolute Gasteiger partial charge is 0.378 e. The molecular weight excluding hydrogens is 218 g/mol. The SMILES string of the molecule is Cc1ccc([N+](=O)[O-])c(NCC(C)N(C)C)c1. The summed E-state index contributed by atoms with van der Waals surface area (Å²) in [6.07, 6.45) is 0. The molecule has 1 rings (SSSR count). The van der Waals surface area contributed by atoms with Crippen LogP contribution in [0.1, 0.15) is 12.5 Å². The third-order valence-electron chi connectivity index (χ3n) is 2.82. The number of aryl methyl sites for hydroxylation is 1. The molecule has 0 spiro atoms. The van der Waals surface area contributed by atoms with E-state index >= 15 is 0 Å². The van der Waals surface area contributed by atoms with Gasteiger partial charge in [-0.3, -0.25) is 10.1 Å². The van der Waals surface area contributed by atoms with Crippen molar-refractivity contribution < 1.29 is 4.92 Å². The standard InChI is InChI=1S/C12H19N3O2/c1-9-5-6-12(15(16)17)11(7-9)13-8-10(2)14(3)4/h5-7,10,13H,8H2,1-4H3. The van der Waals surface area contributed by atoms with E-state index in [4.69, 9.17) is 0 Å². The Bertz CT molecular complexity index is 405. The molecule has 1 aromatic rings. The highest BCUT2D eigenvalue weighted by Crippen LogP contribution is 2.25.